The molecule has 140 valence electrons. The summed E-state index contributed by atoms with van der Waals surface area (Å²) in [6.07, 6.45) is 3.95. The summed E-state index contributed by atoms with van der Waals surface area (Å²) in [4.78, 5) is 11.9. The molecule has 25 heavy (non-hydrogen) atoms. The first-order valence-corrected chi connectivity index (χ1v) is 9.95. The van der Waals surface area contributed by atoms with E-state index in [0.29, 0.717) is 24.2 Å². The van der Waals surface area contributed by atoms with Gasteiger partial charge >= 0.3 is 6.18 Å². The summed E-state index contributed by atoms with van der Waals surface area (Å²) in [6, 6.07) is 0. The van der Waals surface area contributed by atoms with Crippen LogP contribution in [0.4, 0.5) is 13.2 Å². The molecule has 0 bridgehead atoms. The lowest BCUT2D eigenvalue weighted by Gasteiger charge is -2.60. The number of halogens is 3. The third-order valence-electron chi connectivity index (χ3n) is 8.39. The first-order valence-electron chi connectivity index (χ1n) is 9.95. The number of ketones is 1. The number of hydrogen-bond acceptors (Lipinski definition) is 1. The summed E-state index contributed by atoms with van der Waals surface area (Å²) >= 11 is 0. The predicted molar refractivity (Wildman–Crippen MR) is 90.9 cm³/mol. The van der Waals surface area contributed by atoms with E-state index in [1.165, 1.54) is 5.57 Å². The Kier molecular flexibility index (Phi) is 3.94. The van der Waals surface area contributed by atoms with Crippen LogP contribution in [0, 0.1) is 34.5 Å². The molecule has 0 heterocycles. The van der Waals surface area contributed by atoms with Gasteiger partial charge in [0.1, 0.15) is 0 Å². The van der Waals surface area contributed by atoms with Crippen LogP contribution in [0.5, 0.6) is 0 Å². The number of fused-ring (bicyclic) bond motifs is 5. The van der Waals surface area contributed by atoms with Gasteiger partial charge in [0.05, 0.1) is 0 Å². The lowest BCUT2D eigenvalue weighted by molar-refractivity contribution is -0.182. The van der Waals surface area contributed by atoms with E-state index in [4.69, 9.17) is 0 Å². The van der Waals surface area contributed by atoms with Gasteiger partial charge in [0, 0.05) is 12.8 Å². The van der Waals surface area contributed by atoms with Crippen LogP contribution in [-0.4, -0.2) is 12.0 Å². The quantitative estimate of drug-likeness (QED) is 0.557. The molecule has 1 nitrogen and oxygen atoms in total. The number of rotatable bonds is 1. The second kappa shape index (κ2) is 5.60. The number of carbonyl (C=O) groups is 1. The highest BCUT2D eigenvalue weighted by atomic mass is 19.4. The lowest BCUT2D eigenvalue weighted by Crippen LogP contribution is -2.53. The van der Waals surface area contributed by atoms with Crippen molar-refractivity contribution in [2.24, 2.45) is 34.5 Å². The van der Waals surface area contributed by atoms with Crippen molar-refractivity contribution in [1.29, 1.82) is 0 Å². The van der Waals surface area contributed by atoms with Crippen LogP contribution in [0.15, 0.2) is 11.6 Å². The molecule has 3 saturated carbocycles. The molecule has 6 atom stereocenters. The van der Waals surface area contributed by atoms with E-state index in [1.807, 2.05) is 6.08 Å². The highest BCUT2D eigenvalue weighted by molar-refractivity contribution is 5.91. The summed E-state index contributed by atoms with van der Waals surface area (Å²) < 4.78 is 40.0. The van der Waals surface area contributed by atoms with E-state index in [1.54, 1.807) is 0 Å². The van der Waals surface area contributed by atoms with E-state index in [2.05, 4.69) is 13.8 Å². The summed E-state index contributed by atoms with van der Waals surface area (Å²) in [7, 11) is 0. The smallest absolute Gasteiger partial charge is 0.295 e. The summed E-state index contributed by atoms with van der Waals surface area (Å²) in [5.74, 6) is 1.71. The van der Waals surface area contributed by atoms with Crippen LogP contribution in [0.3, 0.4) is 0 Å². The van der Waals surface area contributed by atoms with Crippen LogP contribution in [0.25, 0.3) is 0 Å². The number of allylic oxidation sites excluding steroid dienone is 1. The fourth-order valence-electron chi connectivity index (χ4n) is 7.41. The largest absolute Gasteiger partial charge is 0.389 e. The Morgan fingerprint density at radius 3 is 2.64 bits per heavy atom. The topological polar surface area (TPSA) is 17.1 Å². The summed E-state index contributed by atoms with van der Waals surface area (Å²) in [5.41, 5.74) is 0.826. The van der Waals surface area contributed by atoms with Gasteiger partial charge in [0.2, 0.25) is 0 Å². The molecule has 0 N–H and O–H groups in total. The highest BCUT2D eigenvalue weighted by Crippen LogP contribution is 2.68. The van der Waals surface area contributed by atoms with Crippen molar-refractivity contribution < 1.29 is 18.0 Å². The molecule has 0 amide bonds. The minimum atomic E-state index is -4.06. The Morgan fingerprint density at radius 1 is 1.16 bits per heavy atom. The van der Waals surface area contributed by atoms with Crippen LogP contribution >= 0.6 is 0 Å². The Hall–Kier alpha value is -0.800. The van der Waals surface area contributed by atoms with E-state index in [0.717, 1.165) is 44.9 Å². The maximum atomic E-state index is 13.3. The Morgan fingerprint density at radius 2 is 1.92 bits per heavy atom. The van der Waals surface area contributed by atoms with Crippen LogP contribution < -0.4 is 0 Å². The van der Waals surface area contributed by atoms with Gasteiger partial charge in [-0.3, -0.25) is 4.79 Å². The first-order chi connectivity index (χ1) is 11.6. The Balaban J connectivity index is 1.69. The zero-order valence-corrected chi connectivity index (χ0v) is 15.3. The van der Waals surface area contributed by atoms with Crippen molar-refractivity contribution in [3.63, 3.8) is 0 Å². The average Bonchev–Trinajstić information content (AvgIpc) is 2.90. The monoisotopic (exact) mass is 354 g/mol. The van der Waals surface area contributed by atoms with Gasteiger partial charge in [-0.1, -0.05) is 25.8 Å². The van der Waals surface area contributed by atoms with Gasteiger partial charge in [-0.2, -0.15) is 13.2 Å². The number of hydrogen-bond donors (Lipinski definition) is 0. The Bertz CT molecular complexity index is 607. The van der Waals surface area contributed by atoms with E-state index >= 15 is 0 Å². The van der Waals surface area contributed by atoms with E-state index < -0.39 is 18.0 Å². The Labute approximate surface area is 148 Å². The van der Waals surface area contributed by atoms with Crippen molar-refractivity contribution >= 4 is 5.78 Å². The zero-order chi connectivity index (χ0) is 18.0. The van der Waals surface area contributed by atoms with Gasteiger partial charge in [0.15, 0.2) is 5.78 Å². The molecule has 4 heteroatoms. The van der Waals surface area contributed by atoms with Gasteiger partial charge in [-0.05, 0) is 79.1 Å². The number of alkyl halides is 3. The van der Waals surface area contributed by atoms with E-state index in [9.17, 15) is 18.0 Å². The predicted octanol–water partition coefficient (Wildman–Crippen LogP) is 6.09. The van der Waals surface area contributed by atoms with Crippen molar-refractivity contribution in [2.75, 3.05) is 0 Å². The standard InChI is InChI=1S/C21H29F3O/c1-13-10-14-11-15(25)5-8-19(14,2)16-6-9-20(12-21(22,23)24)7-3-4-17(20)18(13)16/h11,13,16-18H,3-10,12H2,1-2H3/t13-,16+,17+,18-,19+,20+/m1/s1. The minimum absolute atomic E-state index is 0.0398. The molecule has 0 radical (unpaired) electrons. The molecule has 0 aromatic carbocycles. The number of carbonyl (C=O) groups excluding carboxylic acids is 1. The normalized spacial score (nSPS) is 46.9. The van der Waals surface area contributed by atoms with Gasteiger partial charge in [-0.15, -0.1) is 0 Å². The van der Waals surface area contributed by atoms with Gasteiger partial charge in [0.25, 0.3) is 0 Å². The maximum absolute atomic E-state index is 13.3. The molecule has 3 fully saturated rings. The fraction of sp³-hybridized carbons (Fsp3) is 0.857. The van der Waals surface area contributed by atoms with Crippen LogP contribution in [0.1, 0.15) is 71.6 Å². The molecule has 0 aliphatic heterocycles. The molecule has 0 unspecified atom stereocenters. The second-order valence-electron chi connectivity index (χ2n) is 9.61. The van der Waals surface area contributed by atoms with Gasteiger partial charge in [-0.25, -0.2) is 0 Å². The van der Waals surface area contributed by atoms with Crippen molar-refractivity contribution in [1.82, 2.24) is 0 Å². The molecule has 4 aliphatic carbocycles. The first kappa shape index (κ1) is 17.6. The van der Waals surface area contributed by atoms with E-state index in [-0.39, 0.29) is 17.1 Å². The lowest BCUT2D eigenvalue weighted by atomic mass is 9.45. The average molecular weight is 354 g/mol. The molecule has 0 spiro atoms. The van der Waals surface area contributed by atoms with Crippen LogP contribution in [0.2, 0.25) is 0 Å². The third kappa shape index (κ3) is 2.70. The third-order valence-corrected chi connectivity index (χ3v) is 8.39. The molecule has 0 aromatic heterocycles. The van der Waals surface area contributed by atoms with Crippen molar-refractivity contribution in [3.8, 4) is 0 Å². The molecule has 0 aromatic rings. The molecule has 0 saturated heterocycles. The molecule has 4 rings (SSSR count). The van der Waals surface area contributed by atoms with Crippen molar-refractivity contribution in [3.05, 3.63) is 11.6 Å². The molecular weight excluding hydrogens is 325 g/mol. The summed E-state index contributed by atoms with van der Waals surface area (Å²) in [6.45, 7) is 4.51. The molecular formula is C21H29F3O. The molecule has 4 aliphatic rings. The highest BCUT2D eigenvalue weighted by Gasteiger charge is 2.61. The van der Waals surface area contributed by atoms with Crippen LogP contribution in [-0.2, 0) is 4.79 Å². The zero-order valence-electron chi connectivity index (χ0n) is 15.3. The minimum Gasteiger partial charge on any atom is -0.295 e. The second-order valence-corrected chi connectivity index (χ2v) is 9.61. The maximum Gasteiger partial charge on any atom is 0.389 e. The summed E-state index contributed by atoms with van der Waals surface area (Å²) in [5, 5.41) is 0. The van der Waals surface area contributed by atoms with Crippen molar-refractivity contribution in [2.45, 2.75) is 77.8 Å². The fourth-order valence-corrected chi connectivity index (χ4v) is 7.41. The SMILES string of the molecule is C[C@@H]1CC2=CC(=O)CC[C@]2(C)[C@H]2CC[C@]3(CC(F)(F)F)CCC[C@H]3[C@H]12. The van der Waals surface area contributed by atoms with Gasteiger partial charge < -0.3 is 0 Å².